The summed E-state index contributed by atoms with van der Waals surface area (Å²) in [5.41, 5.74) is 3.20. The van der Waals surface area contributed by atoms with Crippen LogP contribution in [0.2, 0.25) is 0 Å². The summed E-state index contributed by atoms with van der Waals surface area (Å²) >= 11 is 2.14. The third-order valence-electron chi connectivity index (χ3n) is 6.36. The van der Waals surface area contributed by atoms with Crippen molar-refractivity contribution in [2.45, 2.75) is 40.3 Å². The minimum Gasteiger partial charge on any atom is -0.493 e. The van der Waals surface area contributed by atoms with E-state index in [9.17, 15) is 14.4 Å². The van der Waals surface area contributed by atoms with Crippen molar-refractivity contribution in [2.24, 2.45) is 0 Å². The molecule has 0 bridgehead atoms. The van der Waals surface area contributed by atoms with Crippen LogP contribution in [-0.2, 0) is 22.7 Å². The molecular formula is C32H33IN2O7. The van der Waals surface area contributed by atoms with E-state index in [1.165, 1.54) is 13.2 Å². The van der Waals surface area contributed by atoms with E-state index in [2.05, 4.69) is 27.9 Å². The maximum atomic E-state index is 13.4. The third-order valence-corrected chi connectivity index (χ3v) is 7.16. The van der Waals surface area contributed by atoms with E-state index in [0.29, 0.717) is 53.9 Å². The largest absolute Gasteiger partial charge is 0.493 e. The molecule has 0 unspecified atom stereocenters. The number of hydrogen-bond acceptors (Lipinski definition) is 7. The Morgan fingerprint density at radius 2 is 1.62 bits per heavy atom. The van der Waals surface area contributed by atoms with Crippen molar-refractivity contribution in [2.75, 3.05) is 20.3 Å². The number of carbonyl (C=O) groups excluding carboxylic acids is 3. The summed E-state index contributed by atoms with van der Waals surface area (Å²) in [4.78, 5) is 39.9. The Hall–Kier alpha value is -4.06. The molecule has 42 heavy (non-hydrogen) atoms. The Morgan fingerprint density at radius 3 is 2.31 bits per heavy atom. The molecule has 0 atom stereocenters. The number of nitrogens with zero attached hydrogens (tertiary/aromatic N) is 1. The highest BCUT2D eigenvalue weighted by molar-refractivity contribution is 14.1. The standard InChI is InChI=1S/C32H33IN2O7/c1-5-13-41-26-12-11-22(16-27(26)39-4)18-35-31(37)24(30(36)34-32(35)38)14-23-15-25(33)29(28(17-23)40-6-2)42-19-21-9-7-20(3)8-10-21/h7-12,14-17H,5-6,13,18-19H2,1-4H3,(H,34,36,38)/b24-14+. The van der Waals surface area contributed by atoms with Gasteiger partial charge in [-0.25, -0.2) is 4.79 Å². The summed E-state index contributed by atoms with van der Waals surface area (Å²) in [6.07, 6.45) is 2.29. The molecule has 3 aromatic rings. The fourth-order valence-electron chi connectivity index (χ4n) is 4.24. The van der Waals surface area contributed by atoms with E-state index < -0.39 is 17.8 Å². The quantitative estimate of drug-likeness (QED) is 0.141. The number of benzene rings is 3. The van der Waals surface area contributed by atoms with Crippen molar-refractivity contribution < 1.29 is 33.3 Å². The fraction of sp³-hybridized carbons (Fsp3) is 0.281. The molecule has 4 rings (SSSR count). The first-order chi connectivity index (χ1) is 20.2. The summed E-state index contributed by atoms with van der Waals surface area (Å²) in [7, 11) is 1.52. The Balaban J connectivity index is 1.58. The molecule has 0 saturated carbocycles. The number of halogens is 1. The molecule has 220 valence electrons. The smallest absolute Gasteiger partial charge is 0.331 e. The Kier molecular flexibility index (Phi) is 10.5. The first-order valence-corrected chi connectivity index (χ1v) is 14.6. The number of rotatable bonds is 12. The highest BCUT2D eigenvalue weighted by Gasteiger charge is 2.36. The lowest BCUT2D eigenvalue weighted by Gasteiger charge is -2.26. The zero-order valence-electron chi connectivity index (χ0n) is 24.0. The van der Waals surface area contributed by atoms with Crippen LogP contribution in [0.5, 0.6) is 23.0 Å². The first kappa shape index (κ1) is 30.9. The van der Waals surface area contributed by atoms with E-state index in [1.807, 2.05) is 45.0 Å². The molecule has 9 nitrogen and oxygen atoms in total. The Bertz CT molecular complexity index is 1500. The van der Waals surface area contributed by atoms with Gasteiger partial charge in [0.1, 0.15) is 12.2 Å². The number of nitrogens with one attached hydrogen (secondary N) is 1. The molecule has 1 aliphatic rings. The summed E-state index contributed by atoms with van der Waals surface area (Å²) in [5, 5.41) is 2.27. The van der Waals surface area contributed by atoms with Gasteiger partial charge in [0.05, 0.1) is 30.4 Å². The van der Waals surface area contributed by atoms with Crippen LogP contribution in [0, 0.1) is 10.5 Å². The number of ether oxygens (including phenoxy) is 4. The van der Waals surface area contributed by atoms with Gasteiger partial charge in [-0.1, -0.05) is 42.8 Å². The van der Waals surface area contributed by atoms with E-state index >= 15 is 0 Å². The molecule has 0 aliphatic carbocycles. The number of imide groups is 2. The number of aryl methyl sites for hydroxylation is 1. The maximum absolute atomic E-state index is 13.4. The molecule has 0 spiro atoms. The molecule has 0 radical (unpaired) electrons. The Labute approximate surface area is 258 Å². The van der Waals surface area contributed by atoms with Gasteiger partial charge in [-0.2, -0.15) is 0 Å². The average Bonchev–Trinajstić information content (AvgIpc) is 2.97. The molecule has 10 heteroatoms. The normalized spacial score (nSPS) is 14.2. The predicted molar refractivity (Wildman–Crippen MR) is 167 cm³/mol. The minimum atomic E-state index is -0.795. The molecular weight excluding hydrogens is 651 g/mol. The average molecular weight is 685 g/mol. The van der Waals surface area contributed by atoms with Crippen molar-refractivity contribution >= 4 is 46.5 Å². The second-order valence-corrected chi connectivity index (χ2v) is 10.7. The van der Waals surface area contributed by atoms with Crippen LogP contribution < -0.4 is 24.3 Å². The van der Waals surface area contributed by atoms with Gasteiger partial charge in [-0.3, -0.25) is 19.8 Å². The van der Waals surface area contributed by atoms with E-state index in [1.54, 1.807) is 30.3 Å². The SMILES string of the molecule is CCCOc1ccc(CN2C(=O)NC(=O)/C(=C\c3cc(I)c(OCc4ccc(C)cc4)c(OCC)c3)C2=O)cc1OC. The fourth-order valence-corrected chi connectivity index (χ4v) is 5.02. The van der Waals surface area contributed by atoms with Crippen molar-refractivity contribution in [3.63, 3.8) is 0 Å². The van der Waals surface area contributed by atoms with Crippen LogP contribution in [0.15, 0.2) is 60.2 Å². The van der Waals surface area contributed by atoms with Crippen LogP contribution in [0.4, 0.5) is 4.79 Å². The van der Waals surface area contributed by atoms with Gasteiger partial charge in [0.15, 0.2) is 23.0 Å². The first-order valence-electron chi connectivity index (χ1n) is 13.6. The lowest BCUT2D eigenvalue weighted by atomic mass is 10.1. The summed E-state index contributed by atoms with van der Waals surface area (Å²) < 4.78 is 23.8. The third kappa shape index (κ3) is 7.41. The lowest BCUT2D eigenvalue weighted by molar-refractivity contribution is -0.130. The lowest BCUT2D eigenvalue weighted by Crippen LogP contribution is -2.53. The summed E-state index contributed by atoms with van der Waals surface area (Å²) in [5.74, 6) is 0.630. The van der Waals surface area contributed by atoms with Gasteiger partial charge in [-0.15, -0.1) is 0 Å². The number of carbonyl (C=O) groups is 3. The van der Waals surface area contributed by atoms with Gasteiger partial charge >= 0.3 is 6.03 Å². The molecule has 1 saturated heterocycles. The number of amides is 4. The number of methoxy groups -OCH3 is 1. The summed E-state index contributed by atoms with van der Waals surface area (Å²) in [6.45, 7) is 7.10. The molecule has 3 aromatic carbocycles. The second kappa shape index (κ2) is 14.2. The summed E-state index contributed by atoms with van der Waals surface area (Å²) in [6, 6.07) is 16.0. The van der Waals surface area contributed by atoms with Crippen molar-refractivity contribution in [3.05, 3.63) is 86.0 Å². The van der Waals surface area contributed by atoms with Crippen LogP contribution in [0.25, 0.3) is 6.08 Å². The Morgan fingerprint density at radius 1 is 0.881 bits per heavy atom. The van der Waals surface area contributed by atoms with E-state index in [-0.39, 0.29) is 12.1 Å². The van der Waals surface area contributed by atoms with Crippen molar-refractivity contribution in [1.29, 1.82) is 0 Å². The minimum absolute atomic E-state index is 0.0623. The van der Waals surface area contributed by atoms with Crippen molar-refractivity contribution in [1.82, 2.24) is 10.2 Å². The van der Waals surface area contributed by atoms with Crippen molar-refractivity contribution in [3.8, 4) is 23.0 Å². The number of hydrogen-bond donors (Lipinski definition) is 1. The molecule has 1 fully saturated rings. The maximum Gasteiger partial charge on any atom is 0.331 e. The monoisotopic (exact) mass is 684 g/mol. The van der Waals surface area contributed by atoms with Crippen LogP contribution in [0.3, 0.4) is 0 Å². The number of urea groups is 1. The molecule has 1 heterocycles. The molecule has 4 amide bonds. The van der Waals surface area contributed by atoms with E-state index in [0.717, 1.165) is 26.0 Å². The molecule has 1 aliphatic heterocycles. The second-order valence-electron chi connectivity index (χ2n) is 9.58. The predicted octanol–water partition coefficient (Wildman–Crippen LogP) is 6.04. The van der Waals surface area contributed by atoms with E-state index in [4.69, 9.17) is 18.9 Å². The van der Waals surface area contributed by atoms with Gasteiger partial charge in [-0.05, 0) is 89.9 Å². The van der Waals surface area contributed by atoms with Crippen LogP contribution >= 0.6 is 22.6 Å². The molecule has 1 N–H and O–H groups in total. The van der Waals surface area contributed by atoms with Gasteiger partial charge in [0.25, 0.3) is 11.8 Å². The van der Waals surface area contributed by atoms with Crippen LogP contribution in [-0.4, -0.2) is 43.1 Å². The zero-order valence-corrected chi connectivity index (χ0v) is 26.1. The topological polar surface area (TPSA) is 103 Å². The molecule has 0 aromatic heterocycles. The highest BCUT2D eigenvalue weighted by Crippen LogP contribution is 2.36. The highest BCUT2D eigenvalue weighted by atomic mass is 127. The zero-order chi connectivity index (χ0) is 30.2. The van der Waals surface area contributed by atoms with Gasteiger partial charge in [0.2, 0.25) is 0 Å². The van der Waals surface area contributed by atoms with Gasteiger partial charge < -0.3 is 18.9 Å². The van der Waals surface area contributed by atoms with Crippen LogP contribution in [0.1, 0.15) is 42.5 Å². The number of barbiturate groups is 1. The van der Waals surface area contributed by atoms with Gasteiger partial charge in [0, 0.05) is 0 Å².